The Bertz CT molecular complexity index is 49.7. The predicted molar refractivity (Wildman–Crippen MR) is 31.6 cm³/mol. The van der Waals surface area contributed by atoms with Gasteiger partial charge in [-0.05, 0) is 0 Å². The molecule has 0 saturated carbocycles. The summed E-state index contributed by atoms with van der Waals surface area (Å²) in [5.74, 6) is 0. The second-order valence-corrected chi connectivity index (χ2v) is 3.48. The fourth-order valence-electron chi connectivity index (χ4n) is 0.116. The van der Waals surface area contributed by atoms with Gasteiger partial charge in [0.1, 0.15) is 6.61 Å². The van der Waals surface area contributed by atoms with Gasteiger partial charge < -0.3 is 12.4 Å². The molecule has 1 nitrogen and oxygen atoms in total. The van der Waals surface area contributed by atoms with Gasteiger partial charge in [0.2, 0.25) is 10.9 Å². The first-order valence-electron chi connectivity index (χ1n) is 1.50. The molecular weight excluding hydrogens is 194 g/mol. The quantitative estimate of drug-likeness (QED) is 0.394. The molecule has 50 valence electrons. The van der Waals surface area contributed by atoms with E-state index in [1.165, 1.54) is 0 Å². The van der Waals surface area contributed by atoms with Gasteiger partial charge in [-0.1, -0.05) is 34.8 Å². The molecule has 0 aromatic rings. The van der Waals surface area contributed by atoms with Crippen LogP contribution in [0.2, 0.25) is 0 Å². The minimum Gasteiger partial charge on any atom is -1.00 e. The van der Waals surface area contributed by atoms with Crippen LogP contribution in [0.3, 0.4) is 0 Å². The van der Waals surface area contributed by atoms with Crippen LogP contribution in [-0.2, 0) is 4.74 Å². The van der Waals surface area contributed by atoms with Gasteiger partial charge in [0.05, 0.1) is 0 Å². The highest BCUT2D eigenvalue weighted by atomic mass is 35.6. The first-order chi connectivity index (χ1) is 3.06. The lowest BCUT2D eigenvalue weighted by Crippen LogP contribution is -3.00. The monoisotopic (exact) mass is 196 g/mol. The third-order valence-corrected chi connectivity index (χ3v) is 0.593. The molecular formula is C3H4Cl4O. The Kier molecular flexibility index (Phi) is 7.09. The van der Waals surface area contributed by atoms with Crippen LogP contribution in [0.5, 0.6) is 0 Å². The highest BCUT2D eigenvalue weighted by molar-refractivity contribution is 6.67. The minimum absolute atomic E-state index is 0. The zero-order valence-electron chi connectivity index (χ0n) is 3.83. The topological polar surface area (TPSA) is 9.23 Å². The Labute approximate surface area is 69.6 Å². The van der Waals surface area contributed by atoms with Crippen LogP contribution in [0.15, 0.2) is 0 Å². The summed E-state index contributed by atoms with van der Waals surface area (Å²) in [6.07, 6.45) is 0. The summed E-state index contributed by atoms with van der Waals surface area (Å²) < 4.78 is 2.94. The number of halogens is 4. The molecule has 0 bridgehead atoms. The minimum atomic E-state index is -1.32. The highest BCUT2D eigenvalue weighted by Gasteiger charge is 2.20. The standard InChI is InChI=1S/C3H4Cl3O.ClH/c1-7-2-3(4,5)6;/h1-2H2;1H/q+1;/p-1. The molecule has 0 unspecified atom stereocenters. The van der Waals surface area contributed by atoms with E-state index in [-0.39, 0.29) is 19.0 Å². The van der Waals surface area contributed by atoms with Crippen molar-refractivity contribution in [2.24, 2.45) is 0 Å². The molecule has 0 radical (unpaired) electrons. The molecule has 0 aliphatic rings. The lowest BCUT2D eigenvalue weighted by molar-refractivity contribution is -0.00000155. The summed E-state index contributed by atoms with van der Waals surface area (Å²) in [7, 11) is 3.02. The average Bonchev–Trinajstić information content (AvgIpc) is 1.30. The Balaban J connectivity index is 0. The summed E-state index contributed by atoms with van der Waals surface area (Å²) in [6.45, 7) is 0.0255. The van der Waals surface area contributed by atoms with Crippen LogP contribution in [-0.4, -0.2) is 10.4 Å². The molecule has 0 aliphatic heterocycles. The smallest absolute Gasteiger partial charge is 0.218 e. The Hall–Kier alpha value is 0.990. The third kappa shape index (κ3) is 10.1. The van der Waals surface area contributed by atoms with Gasteiger partial charge in [0, 0.05) is 0 Å². The number of rotatable bonds is 1. The first-order valence-corrected chi connectivity index (χ1v) is 2.63. The normalized spacial score (nSPS) is 10.4. The molecule has 0 aromatic heterocycles. The Morgan fingerprint density at radius 1 is 1.38 bits per heavy atom. The van der Waals surface area contributed by atoms with Crippen LogP contribution in [0.1, 0.15) is 0 Å². The fraction of sp³-hybridized carbons (Fsp3) is 0.667. The zero-order chi connectivity index (χ0) is 5.91. The lowest BCUT2D eigenvalue weighted by Gasteiger charge is -2.02. The van der Waals surface area contributed by atoms with Gasteiger partial charge in [0.15, 0.2) is 0 Å². The van der Waals surface area contributed by atoms with E-state index in [2.05, 4.69) is 11.8 Å². The maximum absolute atomic E-state index is 5.20. The summed E-state index contributed by atoms with van der Waals surface area (Å²) in [6, 6.07) is 0. The zero-order valence-corrected chi connectivity index (χ0v) is 6.86. The predicted octanol–water partition coefficient (Wildman–Crippen LogP) is -0.831. The van der Waals surface area contributed by atoms with Crippen LogP contribution < -0.4 is 12.4 Å². The molecule has 0 saturated heterocycles. The van der Waals surface area contributed by atoms with Gasteiger partial charge in [-0.15, -0.1) is 0 Å². The second kappa shape index (κ2) is 4.83. The molecule has 8 heavy (non-hydrogen) atoms. The second-order valence-electron chi connectivity index (χ2n) is 0.964. The van der Waals surface area contributed by atoms with Gasteiger partial charge in [-0.25, -0.2) is 0 Å². The largest absolute Gasteiger partial charge is 1.00 e. The lowest BCUT2D eigenvalue weighted by atomic mass is 10.8. The van der Waals surface area contributed by atoms with Crippen molar-refractivity contribution >= 4 is 34.8 Å². The summed E-state index contributed by atoms with van der Waals surface area (Å²) in [5.41, 5.74) is 0. The van der Waals surface area contributed by atoms with E-state index >= 15 is 0 Å². The van der Waals surface area contributed by atoms with E-state index in [0.717, 1.165) is 0 Å². The molecule has 0 amide bonds. The summed E-state index contributed by atoms with van der Waals surface area (Å²) in [4.78, 5) is 0. The van der Waals surface area contributed by atoms with Crippen molar-refractivity contribution in [2.45, 2.75) is 3.79 Å². The van der Waals surface area contributed by atoms with Crippen molar-refractivity contribution in [1.82, 2.24) is 0 Å². The van der Waals surface area contributed by atoms with E-state index in [0.29, 0.717) is 0 Å². The molecule has 0 heterocycles. The van der Waals surface area contributed by atoms with Crippen molar-refractivity contribution < 1.29 is 17.1 Å². The van der Waals surface area contributed by atoms with E-state index in [1.54, 1.807) is 0 Å². The van der Waals surface area contributed by atoms with Gasteiger partial charge in [0.25, 0.3) is 0 Å². The summed E-state index contributed by atoms with van der Waals surface area (Å²) >= 11 is 15.6. The molecule has 0 aromatic carbocycles. The maximum Gasteiger partial charge on any atom is 0.218 e. The molecule has 5 heteroatoms. The van der Waals surface area contributed by atoms with Crippen molar-refractivity contribution in [3.8, 4) is 0 Å². The molecule has 0 N–H and O–H groups in total. The van der Waals surface area contributed by atoms with E-state index in [4.69, 9.17) is 34.8 Å². The van der Waals surface area contributed by atoms with Crippen molar-refractivity contribution in [2.75, 3.05) is 6.61 Å². The first kappa shape index (κ1) is 11.7. The SMILES string of the molecule is [CH2+]OCC(Cl)(Cl)Cl.[Cl-]. The molecule has 0 aliphatic carbocycles. The van der Waals surface area contributed by atoms with Crippen LogP contribution >= 0.6 is 34.8 Å². The highest BCUT2D eigenvalue weighted by Crippen LogP contribution is 2.25. The van der Waals surface area contributed by atoms with E-state index in [1.807, 2.05) is 0 Å². The van der Waals surface area contributed by atoms with Gasteiger partial charge >= 0.3 is 0 Å². The van der Waals surface area contributed by atoms with Gasteiger partial charge in [-0.3, -0.25) is 0 Å². The molecule has 0 atom stereocenters. The van der Waals surface area contributed by atoms with Crippen LogP contribution in [0.25, 0.3) is 0 Å². The van der Waals surface area contributed by atoms with E-state index < -0.39 is 3.79 Å². The number of ether oxygens (including phenoxy) is 1. The number of hydrogen-bond acceptors (Lipinski definition) is 1. The maximum atomic E-state index is 5.20. The van der Waals surface area contributed by atoms with Gasteiger partial charge in [-0.2, -0.15) is 4.74 Å². The Morgan fingerprint density at radius 2 is 1.75 bits per heavy atom. The van der Waals surface area contributed by atoms with Crippen molar-refractivity contribution in [3.63, 3.8) is 0 Å². The molecule has 0 rings (SSSR count). The van der Waals surface area contributed by atoms with Crippen molar-refractivity contribution in [1.29, 1.82) is 0 Å². The Morgan fingerprint density at radius 3 is 1.75 bits per heavy atom. The average molecular weight is 198 g/mol. The number of hydrogen-bond donors (Lipinski definition) is 0. The molecule has 0 fully saturated rings. The van der Waals surface area contributed by atoms with Crippen molar-refractivity contribution in [3.05, 3.63) is 7.11 Å². The van der Waals surface area contributed by atoms with Crippen LogP contribution in [0.4, 0.5) is 0 Å². The molecule has 0 spiro atoms. The summed E-state index contributed by atoms with van der Waals surface area (Å²) in [5, 5.41) is 0. The fourth-order valence-corrected chi connectivity index (χ4v) is 0.347. The number of alkyl halides is 3. The third-order valence-electron chi connectivity index (χ3n) is 0.266. The van der Waals surface area contributed by atoms with E-state index in [9.17, 15) is 0 Å². The van der Waals surface area contributed by atoms with Crippen LogP contribution in [0, 0.1) is 7.11 Å².